The molecule has 1 atom stereocenters. The molecule has 1 aromatic heterocycles. The van der Waals surface area contributed by atoms with E-state index in [-0.39, 0.29) is 11.9 Å². The Morgan fingerprint density at radius 2 is 1.74 bits per heavy atom. The largest absolute Gasteiger partial charge is 0.619 e. The molecule has 0 aliphatic rings. The number of benzene rings is 1. The van der Waals surface area contributed by atoms with Crippen LogP contribution in [0.5, 0.6) is 0 Å². The van der Waals surface area contributed by atoms with Gasteiger partial charge in [0.2, 0.25) is 0 Å². The fraction of sp³-hybridized carbons (Fsp3) is 0.333. The summed E-state index contributed by atoms with van der Waals surface area (Å²) >= 11 is 5.94. The van der Waals surface area contributed by atoms with Gasteiger partial charge >= 0.3 is 0 Å². The molecule has 2 rings (SSSR count). The van der Waals surface area contributed by atoms with Crippen LogP contribution in [-0.2, 0) is 0 Å². The minimum atomic E-state index is -0.186. The van der Waals surface area contributed by atoms with Crippen molar-refractivity contribution < 1.29 is 9.52 Å². The number of amides is 1. The van der Waals surface area contributed by atoms with Crippen molar-refractivity contribution in [1.82, 2.24) is 5.32 Å². The SMILES string of the molecule is CC(C)CCC(NC(=O)c1cc[n+]([O-])cc1)c1ccc(Cl)cc1. The molecule has 1 N–H and O–H groups in total. The second-order valence-corrected chi connectivity index (χ2v) is 6.43. The Labute approximate surface area is 141 Å². The lowest BCUT2D eigenvalue weighted by molar-refractivity contribution is -0.605. The molecular weight excluding hydrogens is 312 g/mol. The number of hydrogen-bond donors (Lipinski definition) is 1. The maximum atomic E-state index is 12.4. The molecule has 0 aliphatic carbocycles. The van der Waals surface area contributed by atoms with Gasteiger partial charge in [0.15, 0.2) is 12.4 Å². The minimum absolute atomic E-state index is 0.0817. The van der Waals surface area contributed by atoms with Crippen LogP contribution in [0.2, 0.25) is 5.02 Å². The number of carbonyl (C=O) groups is 1. The molecule has 23 heavy (non-hydrogen) atoms. The number of aromatic nitrogens is 1. The van der Waals surface area contributed by atoms with Crippen molar-refractivity contribution >= 4 is 17.5 Å². The summed E-state index contributed by atoms with van der Waals surface area (Å²) in [5.74, 6) is 0.368. The molecule has 0 spiro atoms. The lowest BCUT2D eigenvalue weighted by Crippen LogP contribution is -2.30. The third kappa shape index (κ3) is 5.25. The highest BCUT2D eigenvalue weighted by Gasteiger charge is 2.17. The third-order valence-electron chi connectivity index (χ3n) is 3.67. The Bertz CT molecular complexity index is 639. The Morgan fingerprint density at radius 1 is 1.13 bits per heavy atom. The van der Waals surface area contributed by atoms with Gasteiger partial charge in [-0.25, -0.2) is 0 Å². The Balaban J connectivity index is 2.14. The van der Waals surface area contributed by atoms with Crippen LogP contribution in [0.25, 0.3) is 0 Å². The molecule has 0 fully saturated rings. The van der Waals surface area contributed by atoms with Gasteiger partial charge in [-0.2, -0.15) is 4.73 Å². The lowest BCUT2D eigenvalue weighted by Gasteiger charge is -2.20. The zero-order chi connectivity index (χ0) is 16.8. The van der Waals surface area contributed by atoms with Gasteiger partial charge in [-0.05, 0) is 36.5 Å². The molecule has 4 nitrogen and oxygen atoms in total. The first-order chi connectivity index (χ1) is 11.0. The first kappa shape index (κ1) is 17.3. The highest BCUT2D eigenvalue weighted by molar-refractivity contribution is 6.30. The van der Waals surface area contributed by atoms with E-state index in [4.69, 9.17) is 11.6 Å². The second-order valence-electron chi connectivity index (χ2n) is 6.00. The predicted molar refractivity (Wildman–Crippen MR) is 91.1 cm³/mol. The second kappa shape index (κ2) is 7.97. The summed E-state index contributed by atoms with van der Waals surface area (Å²) < 4.78 is 0.659. The number of hydrogen-bond acceptors (Lipinski definition) is 2. The van der Waals surface area contributed by atoms with Gasteiger partial charge in [0.05, 0.1) is 11.6 Å². The molecule has 0 saturated heterocycles. The summed E-state index contributed by atoms with van der Waals surface area (Å²) in [6.45, 7) is 4.32. The number of nitrogens with zero attached hydrogens (tertiary/aromatic N) is 1. The van der Waals surface area contributed by atoms with E-state index in [0.717, 1.165) is 18.4 Å². The summed E-state index contributed by atoms with van der Waals surface area (Å²) in [5.41, 5.74) is 1.50. The summed E-state index contributed by atoms with van der Waals surface area (Å²) in [7, 11) is 0. The zero-order valence-electron chi connectivity index (χ0n) is 13.3. The van der Waals surface area contributed by atoms with Gasteiger partial charge in [-0.15, -0.1) is 0 Å². The van der Waals surface area contributed by atoms with Crippen molar-refractivity contribution in [2.24, 2.45) is 5.92 Å². The first-order valence-corrected chi connectivity index (χ1v) is 8.08. The molecule has 0 bridgehead atoms. The van der Waals surface area contributed by atoms with E-state index < -0.39 is 0 Å². The average molecular weight is 333 g/mol. The van der Waals surface area contributed by atoms with Crippen molar-refractivity contribution in [3.8, 4) is 0 Å². The third-order valence-corrected chi connectivity index (χ3v) is 3.93. The minimum Gasteiger partial charge on any atom is -0.619 e. The average Bonchev–Trinajstić information content (AvgIpc) is 2.52. The van der Waals surface area contributed by atoms with Gasteiger partial charge in [-0.3, -0.25) is 4.79 Å². The highest BCUT2D eigenvalue weighted by atomic mass is 35.5. The fourth-order valence-electron chi connectivity index (χ4n) is 2.32. The van der Waals surface area contributed by atoms with Crippen LogP contribution in [0.4, 0.5) is 0 Å². The van der Waals surface area contributed by atoms with E-state index in [1.807, 2.05) is 24.3 Å². The highest BCUT2D eigenvalue weighted by Crippen LogP contribution is 2.23. The van der Waals surface area contributed by atoms with Crippen LogP contribution in [0, 0.1) is 11.1 Å². The molecule has 0 aliphatic heterocycles. The molecule has 2 aromatic rings. The van der Waals surface area contributed by atoms with Crippen LogP contribution < -0.4 is 10.0 Å². The Morgan fingerprint density at radius 3 is 2.30 bits per heavy atom. The maximum Gasteiger partial charge on any atom is 0.252 e. The van der Waals surface area contributed by atoms with Gasteiger partial charge in [-0.1, -0.05) is 37.6 Å². The predicted octanol–water partition coefficient (Wildman–Crippen LogP) is 3.88. The maximum absolute atomic E-state index is 12.4. The van der Waals surface area contributed by atoms with Crippen molar-refractivity contribution in [3.05, 3.63) is 70.1 Å². The fourth-order valence-corrected chi connectivity index (χ4v) is 2.45. The molecule has 1 amide bonds. The van der Waals surface area contributed by atoms with E-state index in [0.29, 0.717) is 21.2 Å². The number of carbonyl (C=O) groups excluding carboxylic acids is 1. The van der Waals surface area contributed by atoms with E-state index in [9.17, 15) is 10.0 Å². The summed E-state index contributed by atoms with van der Waals surface area (Å²) in [6.07, 6.45) is 4.49. The van der Waals surface area contributed by atoms with Crippen LogP contribution in [0.1, 0.15) is 48.7 Å². The first-order valence-electron chi connectivity index (χ1n) is 7.71. The molecule has 5 heteroatoms. The topological polar surface area (TPSA) is 56.0 Å². The monoisotopic (exact) mass is 332 g/mol. The van der Waals surface area contributed by atoms with Gasteiger partial charge in [0.25, 0.3) is 5.91 Å². The summed E-state index contributed by atoms with van der Waals surface area (Å²) in [4.78, 5) is 12.4. The van der Waals surface area contributed by atoms with Gasteiger partial charge < -0.3 is 10.5 Å². The van der Waals surface area contributed by atoms with Crippen molar-refractivity contribution in [2.75, 3.05) is 0 Å². The van der Waals surface area contributed by atoms with Crippen molar-refractivity contribution in [2.45, 2.75) is 32.7 Å². The van der Waals surface area contributed by atoms with Crippen LogP contribution in [-0.4, -0.2) is 5.91 Å². The summed E-state index contributed by atoms with van der Waals surface area (Å²) in [6, 6.07) is 10.5. The number of rotatable bonds is 6. The smallest absolute Gasteiger partial charge is 0.252 e. The van der Waals surface area contributed by atoms with E-state index in [1.165, 1.54) is 24.5 Å². The quantitative estimate of drug-likeness (QED) is 0.644. The molecule has 122 valence electrons. The molecule has 1 unspecified atom stereocenters. The molecule has 0 radical (unpaired) electrons. The standard InChI is InChI=1S/C18H21ClN2O2/c1-13(2)3-8-17(14-4-6-16(19)7-5-14)20-18(22)15-9-11-21(23)12-10-15/h4-7,9-13,17H,3,8H2,1-2H3,(H,20,22). The van der Waals surface area contributed by atoms with E-state index >= 15 is 0 Å². The lowest BCUT2D eigenvalue weighted by atomic mass is 9.97. The van der Waals surface area contributed by atoms with Gasteiger partial charge in [0, 0.05) is 17.2 Å². The zero-order valence-corrected chi connectivity index (χ0v) is 14.1. The van der Waals surface area contributed by atoms with Crippen molar-refractivity contribution in [1.29, 1.82) is 0 Å². The van der Waals surface area contributed by atoms with Crippen LogP contribution in [0.15, 0.2) is 48.8 Å². The normalized spacial score (nSPS) is 12.2. The number of nitrogens with one attached hydrogen (secondary N) is 1. The Kier molecular flexibility index (Phi) is 5.99. The van der Waals surface area contributed by atoms with E-state index in [1.54, 1.807) is 0 Å². The van der Waals surface area contributed by atoms with Crippen LogP contribution >= 0.6 is 11.6 Å². The van der Waals surface area contributed by atoms with Crippen LogP contribution in [0.3, 0.4) is 0 Å². The van der Waals surface area contributed by atoms with Crippen molar-refractivity contribution in [3.63, 3.8) is 0 Å². The van der Waals surface area contributed by atoms with Gasteiger partial charge in [0.1, 0.15) is 0 Å². The molecule has 1 aromatic carbocycles. The molecular formula is C18H21ClN2O2. The number of pyridine rings is 1. The Hall–Kier alpha value is -2.07. The number of halogens is 1. The molecule has 0 saturated carbocycles. The van der Waals surface area contributed by atoms with E-state index in [2.05, 4.69) is 19.2 Å². The molecule has 1 heterocycles. The summed E-state index contributed by atoms with van der Waals surface area (Å²) in [5, 5.41) is 14.8.